The highest BCUT2D eigenvalue weighted by Crippen LogP contribution is 2.29. The summed E-state index contributed by atoms with van der Waals surface area (Å²) in [6, 6.07) is 15.1. The molecule has 2 N–H and O–H groups in total. The molecule has 0 spiro atoms. The van der Waals surface area contributed by atoms with Crippen molar-refractivity contribution in [1.29, 1.82) is 0 Å². The summed E-state index contributed by atoms with van der Waals surface area (Å²) in [5.74, 6) is 0.793. The fourth-order valence-corrected chi connectivity index (χ4v) is 5.34. The summed E-state index contributed by atoms with van der Waals surface area (Å²) < 4.78 is 27.3. The molecule has 0 unspecified atom stereocenters. The van der Waals surface area contributed by atoms with Crippen molar-refractivity contribution in [2.75, 3.05) is 0 Å². The van der Waals surface area contributed by atoms with E-state index in [0.717, 1.165) is 45.2 Å². The number of nitrogens with one attached hydrogen (secondary N) is 2. The first kappa shape index (κ1) is 20.2. The number of hydrogen-bond acceptors (Lipinski definition) is 5. The second-order valence-electron chi connectivity index (χ2n) is 7.89. The maximum Gasteiger partial charge on any atom is 0.240 e. The van der Waals surface area contributed by atoms with Crippen LogP contribution >= 0.6 is 11.8 Å². The van der Waals surface area contributed by atoms with Gasteiger partial charge < -0.3 is 4.98 Å². The first-order valence-corrected chi connectivity index (χ1v) is 12.4. The fourth-order valence-electron chi connectivity index (χ4n) is 3.28. The smallest absolute Gasteiger partial charge is 0.240 e. The topological polar surface area (TPSA) is 87.7 Å². The Morgan fingerprint density at radius 1 is 1.03 bits per heavy atom. The Morgan fingerprint density at radius 2 is 1.77 bits per heavy atom. The molecule has 0 aliphatic heterocycles. The van der Waals surface area contributed by atoms with E-state index in [2.05, 4.69) is 40.7 Å². The highest BCUT2D eigenvalue weighted by atomic mass is 32.2. The van der Waals surface area contributed by atoms with Crippen molar-refractivity contribution >= 4 is 32.8 Å². The van der Waals surface area contributed by atoms with Gasteiger partial charge in [0.15, 0.2) is 0 Å². The molecule has 1 aliphatic rings. The third-order valence-electron chi connectivity index (χ3n) is 5.36. The zero-order chi connectivity index (χ0) is 21.6. The molecule has 4 aromatic rings. The number of hydrogen-bond donors (Lipinski definition) is 2. The van der Waals surface area contributed by atoms with E-state index < -0.39 is 10.0 Å². The van der Waals surface area contributed by atoms with Gasteiger partial charge in [-0.25, -0.2) is 23.1 Å². The van der Waals surface area contributed by atoms with Crippen molar-refractivity contribution < 1.29 is 8.42 Å². The Hall–Kier alpha value is -2.68. The lowest BCUT2D eigenvalue weighted by Gasteiger charge is -2.06. The molecule has 2 aromatic carbocycles. The van der Waals surface area contributed by atoms with Crippen LogP contribution in [-0.2, 0) is 10.0 Å². The molecule has 0 saturated heterocycles. The van der Waals surface area contributed by atoms with Gasteiger partial charge in [-0.05, 0) is 86.3 Å². The summed E-state index contributed by atoms with van der Waals surface area (Å²) in [5.41, 5.74) is 5.33. The molecule has 158 valence electrons. The van der Waals surface area contributed by atoms with E-state index in [9.17, 15) is 8.42 Å². The van der Waals surface area contributed by atoms with E-state index in [0.29, 0.717) is 4.90 Å². The third kappa shape index (κ3) is 4.37. The van der Waals surface area contributed by atoms with Crippen LogP contribution in [0.5, 0.6) is 0 Å². The van der Waals surface area contributed by atoms with Gasteiger partial charge in [0, 0.05) is 22.7 Å². The number of sulfonamides is 1. The summed E-state index contributed by atoms with van der Waals surface area (Å²) >= 11 is 1.49. The molecule has 6 nitrogen and oxygen atoms in total. The highest BCUT2D eigenvalue weighted by molar-refractivity contribution is 7.99. The summed E-state index contributed by atoms with van der Waals surface area (Å²) in [7, 11) is -3.42. The van der Waals surface area contributed by atoms with Crippen molar-refractivity contribution in [2.24, 2.45) is 0 Å². The second-order valence-corrected chi connectivity index (χ2v) is 10.7. The van der Waals surface area contributed by atoms with Crippen molar-refractivity contribution in [3.63, 3.8) is 0 Å². The van der Waals surface area contributed by atoms with Crippen LogP contribution in [0.4, 0.5) is 0 Å². The molecule has 1 aliphatic carbocycles. The normalized spacial score (nSPS) is 14.3. The Morgan fingerprint density at radius 3 is 2.45 bits per heavy atom. The molecule has 0 amide bonds. The predicted molar refractivity (Wildman–Crippen MR) is 123 cm³/mol. The molecule has 1 fully saturated rings. The van der Waals surface area contributed by atoms with Gasteiger partial charge in [-0.3, -0.25) is 0 Å². The van der Waals surface area contributed by atoms with E-state index in [1.807, 2.05) is 24.3 Å². The summed E-state index contributed by atoms with van der Waals surface area (Å²) in [6.45, 7) is 4.18. The average molecular weight is 451 g/mol. The number of aryl methyl sites for hydroxylation is 2. The Balaban J connectivity index is 1.31. The summed E-state index contributed by atoms with van der Waals surface area (Å²) in [4.78, 5) is 13.8. The van der Waals surface area contributed by atoms with Gasteiger partial charge in [-0.1, -0.05) is 11.8 Å². The first-order chi connectivity index (χ1) is 14.9. The van der Waals surface area contributed by atoms with E-state index >= 15 is 0 Å². The lowest BCUT2D eigenvalue weighted by atomic mass is 10.1. The molecule has 0 bridgehead atoms. The average Bonchev–Trinajstić information content (AvgIpc) is 3.46. The molecular formula is C23H22N4O2S2. The van der Waals surface area contributed by atoms with Crippen LogP contribution in [0.15, 0.2) is 69.5 Å². The minimum atomic E-state index is -3.42. The largest absolute Gasteiger partial charge is 0.338 e. The summed E-state index contributed by atoms with van der Waals surface area (Å²) in [5, 5.41) is 0.832. The molecule has 2 heterocycles. The lowest BCUT2D eigenvalue weighted by molar-refractivity contribution is 0.581. The zero-order valence-corrected chi connectivity index (χ0v) is 18.8. The van der Waals surface area contributed by atoms with Crippen LogP contribution < -0.4 is 4.72 Å². The van der Waals surface area contributed by atoms with E-state index in [-0.39, 0.29) is 6.04 Å². The molecule has 1 saturated carbocycles. The van der Waals surface area contributed by atoms with Gasteiger partial charge in [-0.2, -0.15) is 0 Å². The van der Waals surface area contributed by atoms with Crippen LogP contribution in [0.3, 0.4) is 0 Å². The number of pyridine rings is 1. The minimum Gasteiger partial charge on any atom is -0.338 e. The number of aromatic nitrogens is 3. The maximum atomic E-state index is 12.3. The van der Waals surface area contributed by atoms with Gasteiger partial charge in [0.2, 0.25) is 10.0 Å². The van der Waals surface area contributed by atoms with E-state index in [1.165, 1.54) is 22.9 Å². The monoisotopic (exact) mass is 450 g/mol. The molecule has 2 aromatic heterocycles. The van der Waals surface area contributed by atoms with Gasteiger partial charge in [0.1, 0.15) is 10.9 Å². The van der Waals surface area contributed by atoms with Gasteiger partial charge in [0.05, 0.1) is 15.9 Å². The van der Waals surface area contributed by atoms with Gasteiger partial charge in [0.25, 0.3) is 0 Å². The highest BCUT2D eigenvalue weighted by Gasteiger charge is 2.27. The van der Waals surface area contributed by atoms with Gasteiger partial charge >= 0.3 is 0 Å². The number of aromatic amines is 1. The first-order valence-electron chi connectivity index (χ1n) is 10.1. The quantitative estimate of drug-likeness (QED) is 0.439. The van der Waals surface area contributed by atoms with E-state index in [1.54, 1.807) is 18.3 Å². The van der Waals surface area contributed by atoms with Crippen molar-refractivity contribution in [3.8, 4) is 11.4 Å². The molecule has 5 rings (SSSR count). The molecular weight excluding hydrogens is 428 g/mol. The SMILES string of the molecule is Cc1cc2nc(-c3ccc(Sc4ccc(S(=O)(=O)NC5CC5)cc4)nc3)[nH]c2cc1C. The number of benzene rings is 2. The number of nitrogens with zero attached hydrogens (tertiary/aromatic N) is 2. The summed E-state index contributed by atoms with van der Waals surface area (Å²) in [6.07, 6.45) is 3.64. The standard InChI is InChI=1S/C23H22N4O2S2/c1-14-11-20-21(12-15(14)2)26-23(25-20)16-3-10-22(24-13-16)30-18-6-8-19(9-7-18)31(28,29)27-17-4-5-17/h3,6-13,17,27H,4-5H2,1-2H3,(H,25,26). The number of fused-ring (bicyclic) bond motifs is 1. The maximum absolute atomic E-state index is 12.3. The molecule has 31 heavy (non-hydrogen) atoms. The minimum absolute atomic E-state index is 0.0987. The zero-order valence-electron chi connectivity index (χ0n) is 17.2. The molecule has 0 atom stereocenters. The lowest BCUT2D eigenvalue weighted by Crippen LogP contribution is -2.25. The Labute approximate surface area is 185 Å². The van der Waals surface area contributed by atoms with Crippen molar-refractivity contribution in [3.05, 3.63) is 65.9 Å². The van der Waals surface area contributed by atoms with Crippen LogP contribution in [-0.4, -0.2) is 29.4 Å². The molecule has 8 heteroatoms. The van der Waals surface area contributed by atoms with Gasteiger partial charge in [-0.15, -0.1) is 0 Å². The Bertz CT molecular complexity index is 1320. The number of H-pyrrole nitrogens is 1. The second kappa shape index (κ2) is 7.78. The number of imidazole rings is 1. The fraction of sp³-hybridized carbons (Fsp3) is 0.217. The molecule has 0 radical (unpaired) electrons. The predicted octanol–water partition coefficient (Wildman–Crippen LogP) is 4.83. The van der Waals surface area contributed by atoms with Crippen LogP contribution in [0.2, 0.25) is 0 Å². The van der Waals surface area contributed by atoms with Crippen LogP contribution in [0.25, 0.3) is 22.4 Å². The van der Waals surface area contributed by atoms with Crippen LogP contribution in [0, 0.1) is 13.8 Å². The third-order valence-corrected chi connectivity index (χ3v) is 7.86. The van der Waals surface area contributed by atoms with E-state index in [4.69, 9.17) is 4.98 Å². The van der Waals surface area contributed by atoms with Crippen molar-refractivity contribution in [1.82, 2.24) is 19.7 Å². The van der Waals surface area contributed by atoms with Crippen molar-refractivity contribution in [2.45, 2.75) is 47.5 Å². The Kier molecular flexibility index (Phi) is 5.08. The number of rotatable bonds is 6. The van der Waals surface area contributed by atoms with Crippen LogP contribution in [0.1, 0.15) is 24.0 Å².